The van der Waals surface area contributed by atoms with Crippen LogP contribution in [0.2, 0.25) is 3.67 Å². The first kappa shape index (κ1) is 17.7. The average molecular weight is 226 g/mol. The first-order chi connectivity index (χ1) is 6.41. The van der Waals surface area contributed by atoms with Gasteiger partial charge in [0, 0.05) is 0 Å². The fourth-order valence-corrected chi connectivity index (χ4v) is 2.24. The maximum Gasteiger partial charge on any atom is -0.197 e. The predicted molar refractivity (Wildman–Crippen MR) is 72.8 cm³/mol. The summed E-state index contributed by atoms with van der Waals surface area (Å²) >= 11 is 1.41. The second-order valence-electron chi connectivity index (χ2n) is 4.18. The van der Waals surface area contributed by atoms with E-state index < -0.39 is 0 Å². The average Bonchev–Trinajstić information content (AvgIpc) is 2.16. The van der Waals surface area contributed by atoms with Crippen LogP contribution in [0.4, 0.5) is 0 Å². The van der Waals surface area contributed by atoms with Crippen LogP contribution in [0.5, 0.6) is 0 Å². The van der Waals surface area contributed by atoms with E-state index in [0.717, 1.165) is 0 Å². The van der Waals surface area contributed by atoms with Gasteiger partial charge in [-0.1, -0.05) is 0 Å². The summed E-state index contributed by atoms with van der Waals surface area (Å²) in [6, 6.07) is 0. The minimum absolute atomic E-state index is 0. The van der Waals surface area contributed by atoms with Crippen LogP contribution in [0, 0.1) is 0 Å². The SMILES string of the molecule is CCCCCCCCCCC[CH2][Na].S. The van der Waals surface area contributed by atoms with E-state index in [-0.39, 0.29) is 13.5 Å². The van der Waals surface area contributed by atoms with E-state index in [9.17, 15) is 0 Å². The van der Waals surface area contributed by atoms with Gasteiger partial charge in [-0.05, 0) is 0 Å². The molecule has 0 rings (SSSR count). The summed E-state index contributed by atoms with van der Waals surface area (Å²) in [5.41, 5.74) is 0. The molecule has 0 radical (unpaired) electrons. The van der Waals surface area contributed by atoms with Gasteiger partial charge in [0.25, 0.3) is 0 Å². The van der Waals surface area contributed by atoms with E-state index >= 15 is 0 Å². The van der Waals surface area contributed by atoms with Crippen LogP contribution in [0.1, 0.15) is 71.1 Å². The Morgan fingerprint density at radius 2 is 1.00 bits per heavy atom. The molecule has 0 aromatic rings. The molecule has 0 saturated heterocycles. The third kappa shape index (κ3) is 15.8. The molecule has 0 aliphatic carbocycles. The van der Waals surface area contributed by atoms with Crippen molar-refractivity contribution in [3.05, 3.63) is 0 Å². The van der Waals surface area contributed by atoms with Gasteiger partial charge in [-0.25, -0.2) is 0 Å². The molecule has 0 aliphatic rings. The zero-order chi connectivity index (χ0) is 9.78. The number of unbranched alkanes of at least 4 members (excludes halogenated alkanes) is 9. The van der Waals surface area contributed by atoms with E-state index in [1.54, 1.807) is 0 Å². The zero-order valence-corrected chi connectivity index (χ0v) is 13.3. The molecule has 0 amide bonds. The summed E-state index contributed by atoms with van der Waals surface area (Å²) in [4.78, 5) is 0. The van der Waals surface area contributed by atoms with Crippen LogP contribution in [0.25, 0.3) is 0 Å². The molecule has 0 aliphatic heterocycles. The van der Waals surface area contributed by atoms with Gasteiger partial charge in [0.05, 0.1) is 0 Å². The molecule has 0 atom stereocenters. The monoisotopic (exact) mass is 226 g/mol. The summed E-state index contributed by atoms with van der Waals surface area (Å²) in [5, 5.41) is 0. The normalized spacial score (nSPS) is 9.93. The molecule has 0 heterocycles. The van der Waals surface area contributed by atoms with Gasteiger partial charge in [0.1, 0.15) is 0 Å². The fraction of sp³-hybridized carbons (Fsp3) is 1.00. The van der Waals surface area contributed by atoms with E-state index in [2.05, 4.69) is 6.92 Å². The van der Waals surface area contributed by atoms with Crippen molar-refractivity contribution < 1.29 is 0 Å². The first-order valence-electron chi connectivity index (χ1n) is 6.41. The maximum absolute atomic E-state index is 2.29. The zero-order valence-electron chi connectivity index (χ0n) is 10.3. The Bertz CT molecular complexity index is 76.4. The smallest absolute Gasteiger partial charge is 0.197 e. The van der Waals surface area contributed by atoms with Crippen molar-refractivity contribution in [3.8, 4) is 0 Å². The topological polar surface area (TPSA) is 0 Å². The molecule has 0 spiro atoms. The maximum atomic E-state index is 2.29. The Hall–Kier alpha value is 1.35. The van der Waals surface area contributed by atoms with Gasteiger partial charge >= 0.3 is 103 Å². The Kier molecular flexibility index (Phi) is 21.2. The van der Waals surface area contributed by atoms with Crippen LogP contribution in [0.15, 0.2) is 0 Å². The van der Waals surface area contributed by atoms with Crippen molar-refractivity contribution in [1.82, 2.24) is 0 Å². The van der Waals surface area contributed by atoms with Gasteiger partial charge in [-0.2, -0.15) is 13.5 Å². The van der Waals surface area contributed by atoms with Crippen LogP contribution >= 0.6 is 13.5 Å². The molecule has 82 valence electrons. The van der Waals surface area contributed by atoms with E-state index in [0.29, 0.717) is 0 Å². The standard InChI is InChI=1S/C12H25.Na.H2S/c1-3-5-7-9-11-12-10-8-6-4-2;;/h1,3-12H2,2H3;;1H2. The molecular weight excluding hydrogens is 199 g/mol. The van der Waals surface area contributed by atoms with Crippen molar-refractivity contribution in [1.29, 1.82) is 0 Å². The summed E-state index contributed by atoms with van der Waals surface area (Å²) in [6.45, 7) is 2.29. The molecule has 0 N–H and O–H groups in total. The largest absolute Gasteiger partial charge is 0.197 e. The molecule has 0 aromatic carbocycles. The van der Waals surface area contributed by atoms with Crippen molar-refractivity contribution in [3.63, 3.8) is 0 Å². The molecule has 0 bridgehead atoms. The third-order valence-corrected chi connectivity index (χ3v) is 3.41. The Labute approximate surface area is 115 Å². The number of hydrogen-bond donors (Lipinski definition) is 0. The summed E-state index contributed by atoms with van der Waals surface area (Å²) in [6.07, 6.45) is 14.7. The minimum atomic E-state index is 0. The first-order valence-corrected chi connectivity index (χ1v) is 7.83. The molecular formula is C12H27NaS. The van der Waals surface area contributed by atoms with Crippen LogP contribution in [0.3, 0.4) is 0 Å². The third-order valence-electron chi connectivity index (χ3n) is 2.71. The Morgan fingerprint density at radius 3 is 1.36 bits per heavy atom. The van der Waals surface area contributed by atoms with Crippen molar-refractivity contribution in [2.75, 3.05) is 0 Å². The quantitative estimate of drug-likeness (QED) is 0.377. The molecule has 0 fully saturated rings. The molecule has 14 heavy (non-hydrogen) atoms. The van der Waals surface area contributed by atoms with Gasteiger partial charge in [-0.3, -0.25) is 0 Å². The van der Waals surface area contributed by atoms with Crippen molar-refractivity contribution in [2.24, 2.45) is 0 Å². The van der Waals surface area contributed by atoms with Crippen molar-refractivity contribution >= 4 is 41.4 Å². The molecule has 0 aromatic heterocycles. The van der Waals surface area contributed by atoms with Gasteiger partial charge in [0.2, 0.25) is 0 Å². The van der Waals surface area contributed by atoms with Gasteiger partial charge in [-0.15, -0.1) is 0 Å². The number of hydrogen-bond acceptors (Lipinski definition) is 0. The Morgan fingerprint density at radius 1 is 0.643 bits per heavy atom. The fourth-order valence-electron chi connectivity index (χ4n) is 1.74. The second-order valence-corrected chi connectivity index (χ2v) is 5.18. The second kappa shape index (κ2) is 16.8. The summed E-state index contributed by atoms with van der Waals surface area (Å²) in [5.74, 6) is 0. The minimum Gasteiger partial charge on any atom is -0.197 e. The number of rotatable bonds is 10. The molecule has 0 saturated carbocycles. The predicted octanol–water partition coefficient (Wildman–Crippen LogP) is 4.61. The van der Waals surface area contributed by atoms with Crippen LogP contribution in [-0.2, 0) is 0 Å². The summed E-state index contributed by atoms with van der Waals surface area (Å²) in [7, 11) is 0. The van der Waals surface area contributed by atoms with E-state index in [1.807, 2.05) is 0 Å². The van der Waals surface area contributed by atoms with Crippen molar-refractivity contribution in [2.45, 2.75) is 74.8 Å². The van der Waals surface area contributed by atoms with E-state index in [4.69, 9.17) is 0 Å². The van der Waals surface area contributed by atoms with Crippen LogP contribution in [-0.4, -0.2) is 27.9 Å². The Balaban J connectivity index is 0. The molecule has 2 heteroatoms. The van der Waals surface area contributed by atoms with Gasteiger partial charge < -0.3 is 0 Å². The molecule has 0 unspecified atom stereocenters. The van der Waals surface area contributed by atoms with Crippen LogP contribution < -0.4 is 0 Å². The molecule has 0 nitrogen and oxygen atoms in total. The summed E-state index contributed by atoms with van der Waals surface area (Å²) < 4.78 is 1.51. The van der Waals surface area contributed by atoms with Gasteiger partial charge in [0.15, 0.2) is 0 Å². The van der Waals surface area contributed by atoms with E-state index in [1.165, 1.54) is 95.8 Å².